The van der Waals surface area contributed by atoms with Gasteiger partial charge < -0.3 is 15.8 Å². The van der Waals surface area contributed by atoms with Crippen LogP contribution in [0, 0.1) is 5.92 Å². The van der Waals surface area contributed by atoms with Crippen molar-refractivity contribution in [3.8, 4) is 0 Å². The summed E-state index contributed by atoms with van der Waals surface area (Å²) in [5.41, 5.74) is 6.19. The first-order valence-electron chi connectivity index (χ1n) is 8.65. The van der Waals surface area contributed by atoms with Gasteiger partial charge in [-0.05, 0) is 32.3 Å². The molecule has 2 heterocycles. The van der Waals surface area contributed by atoms with Crippen molar-refractivity contribution in [3.63, 3.8) is 0 Å². The van der Waals surface area contributed by atoms with Crippen molar-refractivity contribution in [2.45, 2.75) is 51.8 Å². The van der Waals surface area contributed by atoms with Crippen LogP contribution in [0.5, 0.6) is 0 Å². The predicted molar refractivity (Wildman–Crippen MR) is 95.3 cm³/mol. The Morgan fingerprint density at radius 3 is 2.88 bits per heavy atom. The summed E-state index contributed by atoms with van der Waals surface area (Å²) in [6.07, 6.45) is 3.91. The van der Waals surface area contributed by atoms with Crippen LogP contribution in [0.4, 0.5) is 5.82 Å². The van der Waals surface area contributed by atoms with Crippen molar-refractivity contribution in [1.82, 2.24) is 15.2 Å². The topological polar surface area (TPSA) is 80.5 Å². The molecule has 6 heteroatoms. The molecule has 1 aliphatic rings. The molecule has 1 aromatic rings. The smallest absolute Gasteiger partial charge is 0.251 e. The fraction of sp³-hybridized carbons (Fsp3) is 0.667. The normalized spacial score (nSPS) is 21.8. The van der Waals surface area contributed by atoms with Crippen molar-refractivity contribution >= 4 is 11.7 Å². The number of carbonyl (C=O) groups excluding carboxylic acids is 1. The number of rotatable bonds is 7. The van der Waals surface area contributed by atoms with Gasteiger partial charge in [-0.15, -0.1) is 0 Å². The standard InChI is InChI=1S/C18H30N4O2/c1-5-7-13-10-22(11-14-8-6-9-20-16(14)19)12-15(13)21-17(23)18(2,3)24-4/h6,8-9,13,15H,5,7,10-12H2,1-4H3,(H2,19,20)(H,21,23)/t13-,15-/m1/s1. The van der Waals surface area contributed by atoms with E-state index in [-0.39, 0.29) is 11.9 Å². The monoisotopic (exact) mass is 334 g/mol. The van der Waals surface area contributed by atoms with Gasteiger partial charge in [-0.2, -0.15) is 0 Å². The van der Waals surface area contributed by atoms with E-state index in [0.29, 0.717) is 11.7 Å². The number of pyridine rings is 1. The molecule has 1 saturated heterocycles. The summed E-state index contributed by atoms with van der Waals surface area (Å²) in [5, 5.41) is 3.18. The molecule has 1 aromatic heterocycles. The molecule has 1 amide bonds. The van der Waals surface area contributed by atoms with Crippen molar-refractivity contribution < 1.29 is 9.53 Å². The van der Waals surface area contributed by atoms with E-state index in [0.717, 1.165) is 38.0 Å². The number of hydrogen-bond acceptors (Lipinski definition) is 5. The molecule has 24 heavy (non-hydrogen) atoms. The third-order valence-electron chi connectivity index (χ3n) is 4.87. The van der Waals surface area contributed by atoms with Crippen LogP contribution in [-0.4, -0.2) is 47.6 Å². The van der Waals surface area contributed by atoms with Gasteiger partial charge in [-0.25, -0.2) is 4.98 Å². The Hall–Kier alpha value is -1.66. The van der Waals surface area contributed by atoms with Crippen molar-refractivity contribution in [2.75, 3.05) is 25.9 Å². The molecule has 1 aliphatic heterocycles. The number of aromatic nitrogens is 1. The van der Waals surface area contributed by atoms with Gasteiger partial charge in [0.05, 0.1) is 0 Å². The predicted octanol–water partition coefficient (Wildman–Crippen LogP) is 1.81. The lowest BCUT2D eigenvalue weighted by atomic mass is 9.97. The Kier molecular flexibility index (Phi) is 6.18. The molecule has 134 valence electrons. The van der Waals surface area contributed by atoms with Crippen LogP contribution in [0.25, 0.3) is 0 Å². The number of hydrogen-bond donors (Lipinski definition) is 2. The second-order valence-electron chi connectivity index (χ2n) is 7.08. The maximum Gasteiger partial charge on any atom is 0.251 e. The molecular weight excluding hydrogens is 304 g/mol. The third-order valence-corrected chi connectivity index (χ3v) is 4.87. The molecule has 6 nitrogen and oxygen atoms in total. The Morgan fingerprint density at radius 2 is 2.25 bits per heavy atom. The Balaban J connectivity index is 2.03. The molecular formula is C18H30N4O2. The van der Waals surface area contributed by atoms with Crippen molar-refractivity contribution in [3.05, 3.63) is 23.9 Å². The largest absolute Gasteiger partial charge is 0.383 e. The molecule has 2 atom stereocenters. The van der Waals surface area contributed by atoms with E-state index in [4.69, 9.17) is 10.5 Å². The van der Waals surface area contributed by atoms with Crippen LogP contribution >= 0.6 is 0 Å². The summed E-state index contributed by atoms with van der Waals surface area (Å²) in [7, 11) is 1.56. The molecule has 3 N–H and O–H groups in total. The highest BCUT2D eigenvalue weighted by Crippen LogP contribution is 2.25. The summed E-state index contributed by atoms with van der Waals surface area (Å²) in [4.78, 5) is 18.9. The van der Waals surface area contributed by atoms with Gasteiger partial charge in [-0.1, -0.05) is 19.4 Å². The fourth-order valence-corrected chi connectivity index (χ4v) is 3.18. The zero-order valence-corrected chi connectivity index (χ0v) is 15.2. The minimum Gasteiger partial charge on any atom is -0.383 e. The van der Waals surface area contributed by atoms with Gasteiger partial charge in [0.15, 0.2) is 0 Å². The lowest BCUT2D eigenvalue weighted by molar-refractivity contribution is -0.140. The van der Waals surface area contributed by atoms with Crippen molar-refractivity contribution in [2.24, 2.45) is 5.92 Å². The van der Waals surface area contributed by atoms with E-state index in [2.05, 4.69) is 22.1 Å². The van der Waals surface area contributed by atoms with Crippen LogP contribution in [-0.2, 0) is 16.1 Å². The number of nitrogens with zero attached hydrogens (tertiary/aromatic N) is 2. The summed E-state index contributed by atoms with van der Waals surface area (Å²) in [6.45, 7) is 8.31. The van der Waals surface area contributed by atoms with Crippen LogP contribution in [0.3, 0.4) is 0 Å². The molecule has 1 fully saturated rings. The molecule has 0 aliphatic carbocycles. The highest BCUT2D eigenvalue weighted by atomic mass is 16.5. The molecule has 0 bridgehead atoms. The molecule has 0 aromatic carbocycles. The minimum absolute atomic E-state index is 0.0566. The third kappa shape index (κ3) is 4.45. The molecule has 0 unspecified atom stereocenters. The van der Waals surface area contributed by atoms with Crippen LogP contribution in [0.15, 0.2) is 18.3 Å². The first-order chi connectivity index (χ1) is 11.4. The number of likely N-dealkylation sites (tertiary alicyclic amines) is 1. The number of ether oxygens (including phenoxy) is 1. The number of methoxy groups -OCH3 is 1. The first-order valence-corrected chi connectivity index (χ1v) is 8.65. The van der Waals surface area contributed by atoms with E-state index >= 15 is 0 Å². The molecule has 0 radical (unpaired) electrons. The van der Waals surface area contributed by atoms with Gasteiger partial charge >= 0.3 is 0 Å². The molecule has 0 spiro atoms. The first kappa shape index (κ1) is 18.7. The van der Waals surface area contributed by atoms with E-state index in [1.807, 2.05) is 12.1 Å². The summed E-state index contributed by atoms with van der Waals surface area (Å²) >= 11 is 0. The maximum atomic E-state index is 12.4. The van der Waals surface area contributed by atoms with Gasteiger partial charge in [0.2, 0.25) is 0 Å². The summed E-state index contributed by atoms with van der Waals surface area (Å²) < 4.78 is 5.29. The van der Waals surface area contributed by atoms with E-state index in [1.54, 1.807) is 27.2 Å². The van der Waals surface area contributed by atoms with Crippen LogP contribution in [0.2, 0.25) is 0 Å². The lowest BCUT2D eigenvalue weighted by Crippen LogP contribution is -2.50. The van der Waals surface area contributed by atoms with Gasteiger partial charge in [0.1, 0.15) is 11.4 Å². The lowest BCUT2D eigenvalue weighted by Gasteiger charge is -2.26. The number of nitrogens with two attached hydrogens (primary N) is 1. The van der Waals surface area contributed by atoms with Gasteiger partial charge in [0, 0.05) is 44.5 Å². The highest BCUT2D eigenvalue weighted by molar-refractivity contribution is 5.84. The fourth-order valence-electron chi connectivity index (χ4n) is 3.18. The number of nitrogen functional groups attached to an aromatic ring is 1. The molecule has 2 rings (SSSR count). The van der Waals surface area contributed by atoms with Crippen molar-refractivity contribution in [1.29, 1.82) is 0 Å². The highest BCUT2D eigenvalue weighted by Gasteiger charge is 2.36. The van der Waals surface area contributed by atoms with Gasteiger partial charge in [0.25, 0.3) is 5.91 Å². The molecule has 0 saturated carbocycles. The zero-order chi connectivity index (χ0) is 17.7. The van der Waals surface area contributed by atoms with Gasteiger partial charge in [-0.3, -0.25) is 9.69 Å². The Bertz CT molecular complexity index is 562. The minimum atomic E-state index is -0.808. The second-order valence-corrected chi connectivity index (χ2v) is 7.08. The van der Waals surface area contributed by atoms with E-state index < -0.39 is 5.60 Å². The maximum absolute atomic E-state index is 12.4. The van der Waals surface area contributed by atoms with Crippen LogP contribution < -0.4 is 11.1 Å². The Morgan fingerprint density at radius 1 is 1.50 bits per heavy atom. The SMILES string of the molecule is CCC[C@@H]1CN(Cc2cccnc2N)C[C@H]1NC(=O)C(C)(C)OC. The number of amides is 1. The van der Waals surface area contributed by atoms with E-state index in [9.17, 15) is 4.79 Å². The summed E-state index contributed by atoms with van der Waals surface area (Å²) in [6, 6.07) is 4.06. The average molecular weight is 334 g/mol. The second kappa shape index (κ2) is 7.94. The number of carbonyl (C=O) groups is 1. The van der Waals surface area contributed by atoms with E-state index in [1.165, 1.54) is 0 Å². The van der Waals surface area contributed by atoms with Crippen LogP contribution in [0.1, 0.15) is 39.2 Å². The quantitative estimate of drug-likeness (QED) is 0.795. The Labute approximate surface area is 144 Å². The zero-order valence-electron chi connectivity index (χ0n) is 15.2. The number of anilines is 1. The summed E-state index contributed by atoms with van der Waals surface area (Å²) in [5.74, 6) is 0.973. The average Bonchev–Trinajstić information content (AvgIpc) is 2.91. The number of nitrogens with one attached hydrogen (secondary N) is 1.